The van der Waals surface area contributed by atoms with Crippen molar-refractivity contribution in [2.75, 3.05) is 12.3 Å². The van der Waals surface area contributed by atoms with Gasteiger partial charge in [0.25, 0.3) is 0 Å². The smallest absolute Gasteiger partial charge is 0.340 e. The summed E-state index contributed by atoms with van der Waals surface area (Å²) in [7, 11) is 0. The molecule has 0 aliphatic rings. The largest absolute Gasteiger partial charge is 0.453 e. The van der Waals surface area contributed by atoms with Crippen molar-refractivity contribution in [3.05, 3.63) is 64.9 Å². The van der Waals surface area contributed by atoms with Crippen LogP contribution >= 0.6 is 11.6 Å². The van der Waals surface area contributed by atoms with Gasteiger partial charge >= 0.3 is 5.97 Å². The Hall–Kier alpha value is -2.79. The molecular formula is C17H12ClNO4. The molecule has 1 heterocycles. The predicted molar refractivity (Wildman–Crippen MR) is 86.7 cm³/mol. The van der Waals surface area contributed by atoms with Gasteiger partial charge in [-0.2, -0.15) is 0 Å². The van der Waals surface area contributed by atoms with Gasteiger partial charge in [0.05, 0.1) is 5.56 Å². The van der Waals surface area contributed by atoms with Crippen LogP contribution in [-0.2, 0) is 4.74 Å². The van der Waals surface area contributed by atoms with E-state index < -0.39 is 18.4 Å². The Bertz CT molecular complexity index is 867. The number of nitrogens with two attached hydrogens (primary N) is 1. The second kappa shape index (κ2) is 6.14. The quantitative estimate of drug-likeness (QED) is 0.448. The third kappa shape index (κ3) is 3.19. The van der Waals surface area contributed by atoms with Gasteiger partial charge in [0.15, 0.2) is 12.4 Å². The number of ether oxygens (including phenoxy) is 1. The number of benzene rings is 2. The third-order valence-corrected chi connectivity index (χ3v) is 3.50. The first-order chi connectivity index (χ1) is 11.0. The lowest BCUT2D eigenvalue weighted by atomic mass is 10.2. The number of carbonyl (C=O) groups is 2. The highest BCUT2D eigenvalue weighted by Crippen LogP contribution is 2.20. The fourth-order valence-corrected chi connectivity index (χ4v) is 2.30. The highest BCUT2D eigenvalue weighted by atomic mass is 35.5. The summed E-state index contributed by atoms with van der Waals surface area (Å²) < 4.78 is 10.4. The Labute approximate surface area is 136 Å². The molecule has 0 amide bonds. The van der Waals surface area contributed by atoms with Gasteiger partial charge in [-0.15, -0.1) is 0 Å². The van der Waals surface area contributed by atoms with E-state index in [0.717, 1.165) is 5.39 Å². The van der Waals surface area contributed by atoms with E-state index in [9.17, 15) is 9.59 Å². The topological polar surface area (TPSA) is 82.5 Å². The molecule has 1 aromatic heterocycles. The Balaban J connectivity index is 1.69. The van der Waals surface area contributed by atoms with Crippen LogP contribution in [-0.4, -0.2) is 18.4 Å². The summed E-state index contributed by atoms with van der Waals surface area (Å²) in [4.78, 5) is 24.0. The van der Waals surface area contributed by atoms with Crippen molar-refractivity contribution in [1.29, 1.82) is 0 Å². The Morgan fingerprint density at radius 2 is 1.91 bits per heavy atom. The molecule has 23 heavy (non-hydrogen) atoms. The van der Waals surface area contributed by atoms with E-state index in [1.807, 2.05) is 18.2 Å². The molecular weight excluding hydrogens is 318 g/mol. The van der Waals surface area contributed by atoms with Crippen LogP contribution in [0.3, 0.4) is 0 Å². The lowest BCUT2D eigenvalue weighted by Crippen LogP contribution is -2.15. The molecule has 0 spiro atoms. The lowest BCUT2D eigenvalue weighted by molar-refractivity contribution is 0.0469. The number of fused-ring (bicyclic) bond motifs is 1. The van der Waals surface area contributed by atoms with Crippen LogP contribution in [0.25, 0.3) is 11.0 Å². The van der Waals surface area contributed by atoms with E-state index in [4.69, 9.17) is 26.5 Å². The minimum Gasteiger partial charge on any atom is -0.453 e. The number of para-hydroxylation sites is 1. The van der Waals surface area contributed by atoms with Gasteiger partial charge in [-0.3, -0.25) is 4.79 Å². The van der Waals surface area contributed by atoms with Crippen LogP contribution < -0.4 is 5.73 Å². The predicted octanol–water partition coefficient (Wildman–Crippen LogP) is 3.71. The fourth-order valence-electron chi connectivity index (χ4n) is 2.12. The van der Waals surface area contributed by atoms with Crippen molar-refractivity contribution in [3.8, 4) is 0 Å². The van der Waals surface area contributed by atoms with E-state index >= 15 is 0 Å². The van der Waals surface area contributed by atoms with Crippen LogP contribution in [0.2, 0.25) is 5.02 Å². The van der Waals surface area contributed by atoms with Crippen molar-refractivity contribution in [2.45, 2.75) is 0 Å². The zero-order valence-electron chi connectivity index (χ0n) is 11.9. The molecule has 5 nitrogen and oxygen atoms in total. The van der Waals surface area contributed by atoms with Crippen molar-refractivity contribution in [2.24, 2.45) is 0 Å². The molecule has 2 N–H and O–H groups in total. The number of furan rings is 1. The SMILES string of the molecule is Nc1cc(Cl)ccc1C(=O)OCC(=O)c1cc2ccccc2o1. The highest BCUT2D eigenvalue weighted by Gasteiger charge is 2.17. The maximum absolute atomic E-state index is 12.1. The Morgan fingerprint density at radius 1 is 1.13 bits per heavy atom. The van der Waals surface area contributed by atoms with Crippen LogP contribution in [0.15, 0.2) is 52.9 Å². The normalized spacial score (nSPS) is 10.7. The number of Topliss-reactive ketones (excluding diaryl/α,β-unsaturated/α-hetero) is 1. The molecule has 0 unspecified atom stereocenters. The summed E-state index contributed by atoms with van der Waals surface area (Å²) in [6.07, 6.45) is 0. The number of hydrogen-bond donors (Lipinski definition) is 1. The number of ketones is 1. The van der Waals surface area contributed by atoms with Gasteiger partial charge in [0.2, 0.25) is 5.78 Å². The minimum absolute atomic E-state index is 0.142. The van der Waals surface area contributed by atoms with Gasteiger partial charge in [0.1, 0.15) is 5.58 Å². The molecule has 0 saturated heterocycles. The van der Waals surface area contributed by atoms with Crippen molar-refractivity contribution < 1.29 is 18.7 Å². The first-order valence-electron chi connectivity index (χ1n) is 6.78. The molecule has 0 saturated carbocycles. The molecule has 6 heteroatoms. The standard InChI is InChI=1S/C17H12ClNO4/c18-11-5-6-12(13(19)8-11)17(21)22-9-14(20)16-7-10-3-1-2-4-15(10)23-16/h1-8H,9,19H2. The molecule has 0 radical (unpaired) electrons. The lowest BCUT2D eigenvalue weighted by Gasteiger charge is -2.06. The van der Waals surface area contributed by atoms with Gasteiger partial charge in [0, 0.05) is 16.1 Å². The molecule has 0 aliphatic heterocycles. The third-order valence-electron chi connectivity index (χ3n) is 3.27. The summed E-state index contributed by atoms with van der Waals surface area (Å²) in [5, 5.41) is 1.22. The van der Waals surface area contributed by atoms with Crippen LogP contribution in [0.1, 0.15) is 20.9 Å². The first kappa shape index (κ1) is 15.1. The number of carbonyl (C=O) groups excluding carboxylic acids is 2. The number of nitrogen functional groups attached to an aromatic ring is 1. The Kier molecular flexibility index (Phi) is 4.04. The van der Waals surface area contributed by atoms with Gasteiger partial charge < -0.3 is 14.9 Å². The minimum atomic E-state index is -0.691. The monoisotopic (exact) mass is 329 g/mol. The van der Waals surface area contributed by atoms with E-state index in [0.29, 0.717) is 10.6 Å². The molecule has 0 fully saturated rings. The molecule has 116 valence electrons. The molecule has 0 bridgehead atoms. The van der Waals surface area contributed by atoms with Gasteiger partial charge in [-0.25, -0.2) is 4.79 Å². The molecule has 0 aliphatic carbocycles. The van der Waals surface area contributed by atoms with Crippen molar-refractivity contribution in [3.63, 3.8) is 0 Å². The number of esters is 1. The van der Waals surface area contributed by atoms with Crippen molar-refractivity contribution in [1.82, 2.24) is 0 Å². The van der Waals surface area contributed by atoms with Gasteiger partial charge in [-0.1, -0.05) is 29.8 Å². The van der Waals surface area contributed by atoms with E-state index in [1.165, 1.54) is 18.2 Å². The molecule has 3 rings (SSSR count). The highest BCUT2D eigenvalue weighted by molar-refractivity contribution is 6.31. The van der Waals surface area contributed by atoms with E-state index in [1.54, 1.807) is 12.1 Å². The van der Waals surface area contributed by atoms with Gasteiger partial charge in [-0.05, 0) is 30.3 Å². The van der Waals surface area contributed by atoms with E-state index in [2.05, 4.69) is 0 Å². The average molecular weight is 330 g/mol. The Morgan fingerprint density at radius 3 is 2.65 bits per heavy atom. The average Bonchev–Trinajstić information content (AvgIpc) is 2.96. The van der Waals surface area contributed by atoms with E-state index in [-0.39, 0.29) is 17.0 Å². The number of anilines is 1. The summed E-state index contributed by atoms with van der Waals surface area (Å²) in [5.41, 5.74) is 6.66. The number of halogens is 1. The maximum Gasteiger partial charge on any atom is 0.340 e. The summed E-state index contributed by atoms with van der Waals surface area (Å²) >= 11 is 5.77. The molecule has 3 aromatic rings. The van der Waals surface area contributed by atoms with Crippen molar-refractivity contribution >= 4 is 40.0 Å². The fraction of sp³-hybridized carbons (Fsp3) is 0.0588. The molecule has 0 atom stereocenters. The second-order valence-corrected chi connectivity index (χ2v) is 5.32. The zero-order chi connectivity index (χ0) is 16.4. The summed E-state index contributed by atoms with van der Waals surface area (Å²) in [6, 6.07) is 13.3. The summed E-state index contributed by atoms with van der Waals surface area (Å²) in [5.74, 6) is -0.978. The second-order valence-electron chi connectivity index (χ2n) is 4.88. The van der Waals surface area contributed by atoms with Crippen LogP contribution in [0.5, 0.6) is 0 Å². The maximum atomic E-state index is 12.1. The first-order valence-corrected chi connectivity index (χ1v) is 7.16. The molecule has 2 aromatic carbocycles. The van der Waals surface area contributed by atoms with Crippen LogP contribution in [0.4, 0.5) is 5.69 Å². The number of hydrogen-bond acceptors (Lipinski definition) is 5. The van der Waals surface area contributed by atoms with Crippen LogP contribution in [0, 0.1) is 0 Å². The summed E-state index contributed by atoms with van der Waals surface area (Å²) in [6.45, 7) is -0.430. The zero-order valence-corrected chi connectivity index (χ0v) is 12.7. The number of rotatable bonds is 4.